The van der Waals surface area contributed by atoms with Crippen molar-refractivity contribution in [2.75, 3.05) is 0 Å². The zero-order chi connectivity index (χ0) is 12.3. The van der Waals surface area contributed by atoms with E-state index in [1.54, 1.807) is 18.3 Å². The zero-order valence-corrected chi connectivity index (χ0v) is 10.5. The van der Waals surface area contributed by atoms with Gasteiger partial charge in [-0.3, -0.25) is 4.98 Å². The minimum Gasteiger partial charge on any atom is -0.478 e. The molecule has 2 aromatic rings. The monoisotopic (exact) mass is 291 g/mol. The van der Waals surface area contributed by atoms with Gasteiger partial charge in [-0.2, -0.15) is 0 Å². The molecule has 1 N–H and O–H groups in total. The van der Waals surface area contributed by atoms with Crippen LogP contribution in [0.25, 0.3) is 0 Å². The molecule has 2 rings (SSSR count). The summed E-state index contributed by atoms with van der Waals surface area (Å²) >= 11 is 3.22. The average Bonchev–Trinajstić information content (AvgIpc) is 2.32. The molecule has 0 amide bonds. The highest BCUT2D eigenvalue weighted by Gasteiger charge is 2.09. The zero-order valence-electron chi connectivity index (χ0n) is 8.93. The lowest BCUT2D eigenvalue weighted by Crippen LogP contribution is -2.00. The number of aromatic carboxylic acids is 1. The molecule has 0 bridgehead atoms. The largest absolute Gasteiger partial charge is 0.478 e. The van der Waals surface area contributed by atoms with Crippen molar-refractivity contribution in [1.29, 1.82) is 0 Å². The lowest BCUT2D eigenvalue weighted by molar-refractivity contribution is 0.0696. The summed E-state index contributed by atoms with van der Waals surface area (Å²) in [5.74, 6) is -0.931. The number of carboxylic acids is 1. The summed E-state index contributed by atoms with van der Waals surface area (Å²) in [5.41, 5.74) is 2.13. The van der Waals surface area contributed by atoms with Crippen LogP contribution >= 0.6 is 15.9 Å². The molecule has 1 heterocycles. The van der Waals surface area contributed by atoms with Gasteiger partial charge in [0.05, 0.1) is 5.56 Å². The topological polar surface area (TPSA) is 50.2 Å². The van der Waals surface area contributed by atoms with Crippen LogP contribution < -0.4 is 0 Å². The molecule has 0 spiro atoms. The highest BCUT2D eigenvalue weighted by molar-refractivity contribution is 9.10. The number of pyridine rings is 1. The molecular formula is C13H10BrNO2. The lowest BCUT2D eigenvalue weighted by atomic mass is 10.1. The maximum absolute atomic E-state index is 11.0. The smallest absolute Gasteiger partial charge is 0.336 e. The number of carbonyl (C=O) groups is 1. The quantitative estimate of drug-likeness (QED) is 0.945. The van der Waals surface area contributed by atoms with E-state index in [9.17, 15) is 4.79 Å². The summed E-state index contributed by atoms with van der Waals surface area (Å²) < 4.78 is 0.592. The molecule has 1 aromatic heterocycles. The fourth-order valence-corrected chi connectivity index (χ4v) is 1.97. The molecule has 17 heavy (non-hydrogen) atoms. The highest BCUT2D eigenvalue weighted by Crippen LogP contribution is 2.19. The molecule has 0 aliphatic rings. The molecule has 1 aromatic carbocycles. The second-order valence-electron chi connectivity index (χ2n) is 3.62. The van der Waals surface area contributed by atoms with E-state index in [-0.39, 0.29) is 5.56 Å². The van der Waals surface area contributed by atoms with Crippen LogP contribution in [0.1, 0.15) is 21.6 Å². The van der Waals surface area contributed by atoms with Crippen molar-refractivity contribution in [2.45, 2.75) is 6.42 Å². The number of nitrogens with zero attached hydrogens (tertiary/aromatic N) is 1. The number of hydrogen-bond acceptors (Lipinski definition) is 2. The van der Waals surface area contributed by atoms with Crippen molar-refractivity contribution >= 4 is 21.9 Å². The molecule has 86 valence electrons. The maximum atomic E-state index is 11.0. The van der Waals surface area contributed by atoms with Gasteiger partial charge in [0.15, 0.2) is 0 Å². The van der Waals surface area contributed by atoms with Crippen LogP contribution in [0.5, 0.6) is 0 Å². The standard InChI is InChI=1S/C13H10BrNO2/c14-12-5-4-9(8-11(12)13(16)17)7-10-3-1-2-6-15-10/h1-6,8H,7H2,(H,16,17). The van der Waals surface area contributed by atoms with Crippen molar-refractivity contribution in [3.05, 3.63) is 63.9 Å². The molecule has 0 fully saturated rings. The molecule has 0 saturated carbocycles. The number of aromatic nitrogens is 1. The molecule has 0 aliphatic heterocycles. The normalized spacial score (nSPS) is 10.2. The molecule has 4 heteroatoms. The Morgan fingerprint density at radius 2 is 2.12 bits per heavy atom. The number of halogens is 1. The van der Waals surface area contributed by atoms with E-state index >= 15 is 0 Å². The van der Waals surface area contributed by atoms with Gasteiger partial charge in [0, 0.05) is 22.8 Å². The van der Waals surface area contributed by atoms with E-state index in [1.165, 1.54) is 0 Å². The molecular weight excluding hydrogens is 282 g/mol. The van der Waals surface area contributed by atoms with Gasteiger partial charge in [0.2, 0.25) is 0 Å². The third-order valence-electron chi connectivity index (χ3n) is 2.37. The van der Waals surface area contributed by atoms with Crippen molar-refractivity contribution in [3.63, 3.8) is 0 Å². The van der Waals surface area contributed by atoms with Gasteiger partial charge in [-0.05, 0) is 45.8 Å². The number of rotatable bonds is 3. The van der Waals surface area contributed by atoms with Crippen molar-refractivity contribution < 1.29 is 9.90 Å². The van der Waals surface area contributed by atoms with Gasteiger partial charge in [-0.15, -0.1) is 0 Å². The van der Waals surface area contributed by atoms with Crippen LogP contribution in [0.3, 0.4) is 0 Å². The van der Waals surface area contributed by atoms with Crippen LogP contribution in [0.2, 0.25) is 0 Å². The Labute approximate surface area is 107 Å². The molecule has 0 unspecified atom stereocenters. The van der Waals surface area contributed by atoms with E-state index < -0.39 is 5.97 Å². The van der Waals surface area contributed by atoms with Gasteiger partial charge in [0.1, 0.15) is 0 Å². The summed E-state index contributed by atoms with van der Waals surface area (Å²) in [7, 11) is 0. The lowest BCUT2D eigenvalue weighted by Gasteiger charge is -2.04. The Hall–Kier alpha value is -1.68. The van der Waals surface area contributed by atoms with E-state index in [1.807, 2.05) is 24.3 Å². The van der Waals surface area contributed by atoms with Crippen LogP contribution in [0.4, 0.5) is 0 Å². The van der Waals surface area contributed by atoms with Gasteiger partial charge in [0.25, 0.3) is 0 Å². The molecule has 0 aliphatic carbocycles. The molecule has 0 atom stereocenters. The first-order chi connectivity index (χ1) is 8.16. The average molecular weight is 292 g/mol. The second-order valence-corrected chi connectivity index (χ2v) is 4.47. The number of benzene rings is 1. The molecule has 0 saturated heterocycles. The van der Waals surface area contributed by atoms with Crippen LogP contribution in [0.15, 0.2) is 47.1 Å². The summed E-state index contributed by atoms with van der Waals surface area (Å²) in [5, 5.41) is 9.01. The summed E-state index contributed by atoms with van der Waals surface area (Å²) in [6, 6.07) is 11.0. The van der Waals surface area contributed by atoms with Crippen LogP contribution in [-0.4, -0.2) is 16.1 Å². The minimum absolute atomic E-state index is 0.276. The number of hydrogen-bond donors (Lipinski definition) is 1. The van der Waals surface area contributed by atoms with Crippen molar-refractivity contribution in [1.82, 2.24) is 4.98 Å². The summed E-state index contributed by atoms with van der Waals surface area (Å²) in [6.45, 7) is 0. The molecule has 3 nitrogen and oxygen atoms in total. The second kappa shape index (κ2) is 5.10. The highest BCUT2D eigenvalue weighted by atomic mass is 79.9. The Bertz CT molecular complexity index is 540. The fraction of sp³-hybridized carbons (Fsp3) is 0.0769. The minimum atomic E-state index is -0.931. The van der Waals surface area contributed by atoms with E-state index in [0.29, 0.717) is 10.9 Å². The first-order valence-corrected chi connectivity index (χ1v) is 5.88. The van der Waals surface area contributed by atoms with Gasteiger partial charge in [-0.1, -0.05) is 12.1 Å². The maximum Gasteiger partial charge on any atom is 0.336 e. The Morgan fingerprint density at radius 1 is 1.29 bits per heavy atom. The first-order valence-electron chi connectivity index (χ1n) is 5.08. The van der Waals surface area contributed by atoms with Gasteiger partial charge >= 0.3 is 5.97 Å². The SMILES string of the molecule is O=C(O)c1cc(Cc2ccccn2)ccc1Br. The number of carboxylic acid groups (broad SMARTS) is 1. The summed E-state index contributed by atoms with van der Waals surface area (Å²) in [4.78, 5) is 15.2. The predicted octanol–water partition coefficient (Wildman–Crippen LogP) is 3.13. The van der Waals surface area contributed by atoms with Gasteiger partial charge < -0.3 is 5.11 Å². The Morgan fingerprint density at radius 3 is 2.76 bits per heavy atom. The Kier molecular flexibility index (Phi) is 3.54. The predicted molar refractivity (Wildman–Crippen MR) is 68.1 cm³/mol. The Balaban J connectivity index is 2.29. The fourth-order valence-electron chi connectivity index (χ4n) is 1.56. The summed E-state index contributed by atoms with van der Waals surface area (Å²) in [6.07, 6.45) is 2.36. The molecule has 0 radical (unpaired) electrons. The third-order valence-corrected chi connectivity index (χ3v) is 3.06. The van der Waals surface area contributed by atoms with Crippen molar-refractivity contribution in [3.8, 4) is 0 Å². The van der Waals surface area contributed by atoms with Crippen LogP contribution in [0, 0.1) is 0 Å². The van der Waals surface area contributed by atoms with E-state index in [4.69, 9.17) is 5.11 Å². The van der Waals surface area contributed by atoms with Crippen LogP contribution in [-0.2, 0) is 6.42 Å². The van der Waals surface area contributed by atoms with E-state index in [2.05, 4.69) is 20.9 Å². The van der Waals surface area contributed by atoms with Gasteiger partial charge in [-0.25, -0.2) is 4.79 Å². The van der Waals surface area contributed by atoms with E-state index in [0.717, 1.165) is 11.3 Å². The third kappa shape index (κ3) is 2.91. The van der Waals surface area contributed by atoms with Crippen molar-refractivity contribution in [2.24, 2.45) is 0 Å². The first kappa shape index (κ1) is 11.8.